The molecule has 0 amide bonds. The van der Waals surface area contributed by atoms with Gasteiger partial charge in [-0.1, -0.05) is 42.4 Å². The van der Waals surface area contributed by atoms with Crippen LogP contribution in [0.5, 0.6) is 11.6 Å². The summed E-state index contributed by atoms with van der Waals surface area (Å²) < 4.78 is 11.6. The molecule has 4 aromatic rings. The second-order valence-corrected chi connectivity index (χ2v) is 8.90. The minimum atomic E-state index is -1.63. The molecule has 0 saturated carbocycles. The first-order chi connectivity index (χ1) is 17.0. The van der Waals surface area contributed by atoms with Crippen molar-refractivity contribution in [3.05, 3.63) is 101 Å². The summed E-state index contributed by atoms with van der Waals surface area (Å²) in [6.45, 7) is 4.28. The highest BCUT2D eigenvalue weighted by atomic mass is 35.5. The summed E-state index contributed by atoms with van der Waals surface area (Å²) in [5, 5.41) is 22.0. The summed E-state index contributed by atoms with van der Waals surface area (Å²) in [4.78, 5) is 4.63. The van der Waals surface area contributed by atoms with Crippen molar-refractivity contribution in [1.82, 2.24) is 4.98 Å². The lowest BCUT2D eigenvalue weighted by molar-refractivity contribution is 0.156. The Morgan fingerprint density at radius 1 is 1.06 bits per heavy atom. The van der Waals surface area contributed by atoms with Gasteiger partial charge in [0.05, 0.1) is 18.8 Å². The second-order valence-electron chi connectivity index (χ2n) is 8.50. The summed E-state index contributed by atoms with van der Waals surface area (Å²) in [5.74, 6) is 1.19. The van der Waals surface area contributed by atoms with Gasteiger partial charge in [-0.25, -0.2) is 4.98 Å². The van der Waals surface area contributed by atoms with Gasteiger partial charge in [0.1, 0.15) is 18.1 Å². The molecule has 6 nitrogen and oxygen atoms in total. The quantitative estimate of drug-likeness (QED) is 0.399. The van der Waals surface area contributed by atoms with Crippen LogP contribution >= 0.6 is 11.6 Å². The zero-order valence-electron chi connectivity index (χ0n) is 18.8. The van der Waals surface area contributed by atoms with Gasteiger partial charge in [-0.2, -0.15) is 10.2 Å². The fourth-order valence-electron chi connectivity index (χ4n) is 4.62. The molecule has 2 aliphatic rings. The highest BCUT2D eigenvalue weighted by molar-refractivity contribution is 6.31. The first kappa shape index (κ1) is 21.5. The van der Waals surface area contributed by atoms with E-state index in [2.05, 4.69) is 21.8 Å². The molecule has 1 N–H and O–H groups in total. The van der Waals surface area contributed by atoms with E-state index in [-0.39, 0.29) is 6.61 Å². The predicted octanol–water partition coefficient (Wildman–Crippen LogP) is 5.69. The van der Waals surface area contributed by atoms with E-state index in [9.17, 15) is 5.11 Å². The smallest absolute Gasteiger partial charge is 0.214 e. The van der Waals surface area contributed by atoms with Crippen LogP contribution in [0.3, 0.4) is 0 Å². The van der Waals surface area contributed by atoms with Crippen molar-refractivity contribution >= 4 is 34.4 Å². The first-order valence-electron chi connectivity index (χ1n) is 11.0. The minimum absolute atomic E-state index is 0.225. The molecule has 1 atom stereocenters. The average molecular weight is 482 g/mol. The number of aliphatic hydroxyl groups is 1. The summed E-state index contributed by atoms with van der Waals surface area (Å²) >= 11 is 6.52. The van der Waals surface area contributed by atoms with Crippen molar-refractivity contribution < 1.29 is 14.6 Å². The van der Waals surface area contributed by atoms with Crippen LogP contribution in [0.25, 0.3) is 22.0 Å². The van der Waals surface area contributed by atoms with Gasteiger partial charge in [-0.3, -0.25) is 0 Å². The maximum Gasteiger partial charge on any atom is 0.214 e. The molecule has 3 heterocycles. The number of rotatable bonds is 2. The molecule has 0 radical (unpaired) electrons. The number of benzene rings is 3. The molecule has 6 rings (SSSR count). The maximum absolute atomic E-state index is 12.4. The third-order valence-electron chi connectivity index (χ3n) is 6.43. The highest BCUT2D eigenvalue weighted by Crippen LogP contribution is 2.40. The van der Waals surface area contributed by atoms with Crippen LogP contribution < -0.4 is 9.47 Å². The van der Waals surface area contributed by atoms with Gasteiger partial charge in [0.25, 0.3) is 0 Å². The van der Waals surface area contributed by atoms with Crippen LogP contribution in [0.2, 0.25) is 5.02 Å². The molecule has 35 heavy (non-hydrogen) atoms. The zero-order chi connectivity index (χ0) is 24.2. The Hall–Kier alpha value is -4.00. The lowest BCUT2D eigenvalue weighted by atomic mass is 9.79. The Kier molecular flexibility index (Phi) is 4.95. The topological polar surface area (TPSA) is 76.3 Å². The van der Waals surface area contributed by atoms with Crippen molar-refractivity contribution in [1.29, 1.82) is 0 Å². The van der Waals surface area contributed by atoms with E-state index in [0.29, 0.717) is 39.1 Å². The number of halogens is 1. The Morgan fingerprint density at radius 3 is 2.69 bits per heavy atom. The van der Waals surface area contributed by atoms with Crippen LogP contribution in [0.4, 0.5) is 0 Å². The van der Waals surface area contributed by atoms with Crippen LogP contribution in [0, 0.1) is 0 Å². The largest absolute Gasteiger partial charge is 0.489 e. The van der Waals surface area contributed by atoms with Crippen LogP contribution in [0.15, 0.2) is 89.1 Å². The lowest BCUT2D eigenvalue weighted by Gasteiger charge is -2.30. The molecule has 0 fully saturated rings. The van der Waals surface area contributed by atoms with E-state index in [1.165, 1.54) is 0 Å². The van der Waals surface area contributed by atoms with Gasteiger partial charge in [0.15, 0.2) is 5.60 Å². The van der Waals surface area contributed by atoms with Gasteiger partial charge >= 0.3 is 0 Å². The lowest BCUT2D eigenvalue weighted by Crippen LogP contribution is -2.37. The van der Waals surface area contributed by atoms with Crippen molar-refractivity contribution in [2.45, 2.75) is 12.2 Å². The Bertz CT molecular complexity index is 1590. The molecular formula is C28H20ClN3O3. The van der Waals surface area contributed by atoms with Gasteiger partial charge in [-0.15, -0.1) is 0 Å². The molecule has 0 spiro atoms. The van der Waals surface area contributed by atoms with Crippen LogP contribution in [-0.4, -0.2) is 29.1 Å². The Balaban J connectivity index is 1.72. The fourth-order valence-corrected chi connectivity index (χ4v) is 4.79. The molecular weight excluding hydrogens is 462 g/mol. The zero-order valence-corrected chi connectivity index (χ0v) is 19.6. The predicted molar refractivity (Wildman–Crippen MR) is 138 cm³/mol. The summed E-state index contributed by atoms with van der Waals surface area (Å²) in [7, 11) is 1.59. The molecule has 0 aliphatic carbocycles. The van der Waals surface area contributed by atoms with E-state index < -0.39 is 5.60 Å². The number of fused-ring (bicyclic) bond motifs is 6. The SMILES string of the molecule is C=C1C=NN=C1C1(O)c2ccc(Cl)c(c2)COc2cccc(c2)-c2cc(OC)nc3ccc1cc23. The molecule has 1 unspecified atom stereocenters. The maximum atomic E-state index is 12.4. The molecule has 1 aromatic heterocycles. The average Bonchev–Trinajstić information content (AvgIpc) is 3.32. The number of hydrogen-bond donors (Lipinski definition) is 1. The van der Waals surface area contributed by atoms with Gasteiger partial charge < -0.3 is 14.6 Å². The summed E-state index contributed by atoms with van der Waals surface area (Å²) in [6.07, 6.45) is 1.54. The summed E-state index contributed by atoms with van der Waals surface area (Å²) in [5.41, 5.74) is 3.73. The second kappa shape index (κ2) is 8.05. The van der Waals surface area contributed by atoms with Crippen molar-refractivity contribution in [2.75, 3.05) is 7.11 Å². The summed E-state index contributed by atoms with van der Waals surface area (Å²) in [6, 6.07) is 20.7. The number of ether oxygens (including phenoxy) is 2. The van der Waals surface area contributed by atoms with Crippen LogP contribution in [-0.2, 0) is 12.2 Å². The molecule has 7 heteroatoms. The molecule has 6 bridgehead atoms. The number of hydrogen-bond acceptors (Lipinski definition) is 6. The van der Waals surface area contributed by atoms with Gasteiger partial charge in [0.2, 0.25) is 5.88 Å². The van der Waals surface area contributed by atoms with Crippen molar-refractivity contribution in [3.8, 4) is 22.8 Å². The monoisotopic (exact) mass is 481 g/mol. The number of pyridine rings is 1. The molecule has 0 saturated heterocycles. The van der Waals surface area contributed by atoms with Crippen molar-refractivity contribution in [3.63, 3.8) is 0 Å². The van der Waals surface area contributed by atoms with E-state index in [4.69, 9.17) is 21.1 Å². The standard InChI is InChI=1S/C28H20ClN3O3/c1-16-14-30-32-27(16)28(33)19-6-8-24(29)18(10-19)15-35-21-5-3-4-17(11-21)22-13-26(34-2)31-25-9-7-20(28)12-23(22)25/h3-14,33H,1,15H2,2H3. The van der Waals surface area contributed by atoms with E-state index >= 15 is 0 Å². The van der Waals surface area contributed by atoms with Crippen molar-refractivity contribution in [2.24, 2.45) is 10.2 Å². The number of nitrogens with zero attached hydrogens (tertiary/aromatic N) is 3. The number of aromatic nitrogens is 1. The third-order valence-corrected chi connectivity index (χ3v) is 6.80. The van der Waals surface area contributed by atoms with Crippen LogP contribution in [0.1, 0.15) is 16.7 Å². The fraction of sp³-hybridized carbons (Fsp3) is 0.107. The van der Waals surface area contributed by atoms with Gasteiger partial charge in [0, 0.05) is 27.6 Å². The molecule has 2 aliphatic heterocycles. The van der Waals surface area contributed by atoms with E-state index in [1.54, 1.807) is 25.5 Å². The first-order valence-corrected chi connectivity index (χ1v) is 11.4. The molecule has 3 aromatic carbocycles. The van der Waals surface area contributed by atoms with Gasteiger partial charge in [-0.05, 0) is 58.7 Å². The number of methoxy groups -OCH3 is 1. The normalized spacial score (nSPS) is 18.5. The third kappa shape index (κ3) is 3.41. The highest BCUT2D eigenvalue weighted by Gasteiger charge is 2.41. The van der Waals surface area contributed by atoms with E-state index in [0.717, 1.165) is 27.6 Å². The molecule has 172 valence electrons. The van der Waals surface area contributed by atoms with E-state index in [1.807, 2.05) is 54.6 Å². The minimum Gasteiger partial charge on any atom is -0.489 e. The Labute approximate surface area is 206 Å². The Morgan fingerprint density at radius 2 is 1.89 bits per heavy atom.